The van der Waals surface area contributed by atoms with E-state index in [0.29, 0.717) is 5.69 Å². The lowest BCUT2D eigenvalue weighted by molar-refractivity contribution is -0.155. The van der Waals surface area contributed by atoms with Crippen molar-refractivity contribution in [2.75, 3.05) is 11.9 Å². The molecule has 0 radical (unpaired) electrons. The summed E-state index contributed by atoms with van der Waals surface area (Å²) >= 11 is 0. The molecule has 1 N–H and O–H groups in total. The number of hydrogen-bond donors (Lipinski definition) is 1. The van der Waals surface area contributed by atoms with Gasteiger partial charge in [0.05, 0.1) is 6.07 Å². The molecule has 1 atom stereocenters. The van der Waals surface area contributed by atoms with Crippen LogP contribution in [0.1, 0.15) is 0 Å². The highest BCUT2D eigenvalue weighted by molar-refractivity contribution is 5.93. The lowest BCUT2D eigenvalue weighted by Gasteiger charge is -2.15. The maximum Gasteiger partial charge on any atom is 0.406 e. The number of fused-ring (bicyclic) bond motifs is 1. The Kier molecular flexibility index (Phi) is 3.61. The third-order valence-electron chi connectivity index (χ3n) is 2.84. The van der Waals surface area contributed by atoms with Crippen LogP contribution in [-0.4, -0.2) is 12.7 Å². The minimum atomic E-state index is -4.51. The second kappa shape index (κ2) is 5.19. The van der Waals surface area contributed by atoms with E-state index < -0.39 is 18.6 Å². The largest absolute Gasteiger partial charge is 0.406 e. The molecule has 5 heteroatoms. The topological polar surface area (TPSA) is 35.8 Å². The normalized spacial score (nSPS) is 12.9. The maximum absolute atomic E-state index is 12.5. The number of halogens is 3. The van der Waals surface area contributed by atoms with Crippen molar-refractivity contribution >= 4 is 16.5 Å². The van der Waals surface area contributed by atoms with Gasteiger partial charge in [-0.2, -0.15) is 18.4 Å². The maximum atomic E-state index is 12.5. The Labute approximate surface area is 108 Å². The Balaban J connectivity index is 2.21. The van der Waals surface area contributed by atoms with Crippen LogP contribution in [0.2, 0.25) is 0 Å². The molecule has 0 aliphatic carbocycles. The Morgan fingerprint density at radius 2 is 1.79 bits per heavy atom. The molecule has 0 fully saturated rings. The second-order valence-corrected chi connectivity index (χ2v) is 4.13. The summed E-state index contributed by atoms with van der Waals surface area (Å²) in [6.07, 6.45) is -4.51. The molecule has 0 spiro atoms. The smallest absolute Gasteiger partial charge is 0.383 e. The van der Waals surface area contributed by atoms with Crippen LogP contribution < -0.4 is 5.32 Å². The molecule has 19 heavy (non-hydrogen) atoms. The van der Waals surface area contributed by atoms with Crippen molar-refractivity contribution in [3.05, 3.63) is 42.5 Å². The molecule has 0 aliphatic rings. The van der Waals surface area contributed by atoms with Crippen molar-refractivity contribution in [2.45, 2.75) is 6.18 Å². The average Bonchev–Trinajstić information content (AvgIpc) is 2.38. The minimum Gasteiger partial charge on any atom is -0.383 e. The number of anilines is 1. The van der Waals surface area contributed by atoms with Crippen LogP contribution in [0.25, 0.3) is 10.8 Å². The van der Waals surface area contributed by atoms with Crippen molar-refractivity contribution < 1.29 is 13.2 Å². The van der Waals surface area contributed by atoms with Crippen LogP contribution in [0, 0.1) is 17.2 Å². The predicted octanol–water partition coefficient (Wildman–Crippen LogP) is 3.95. The van der Waals surface area contributed by atoms with Gasteiger partial charge in [-0.15, -0.1) is 0 Å². The van der Waals surface area contributed by atoms with E-state index >= 15 is 0 Å². The highest BCUT2D eigenvalue weighted by Gasteiger charge is 2.39. The van der Waals surface area contributed by atoms with E-state index in [4.69, 9.17) is 5.26 Å². The standard InChI is InChI=1S/C14H11F3N2/c15-14(16,17)11(8-18)9-19-13-7-3-5-10-4-1-2-6-12(10)13/h1-7,11,19H,9H2. The molecule has 2 aromatic rings. The fourth-order valence-electron chi connectivity index (χ4n) is 1.83. The highest BCUT2D eigenvalue weighted by atomic mass is 19.4. The van der Waals surface area contributed by atoms with E-state index in [2.05, 4.69) is 5.32 Å². The van der Waals surface area contributed by atoms with Crippen LogP contribution in [0.3, 0.4) is 0 Å². The van der Waals surface area contributed by atoms with Crippen LogP contribution in [-0.2, 0) is 0 Å². The van der Waals surface area contributed by atoms with Crippen LogP contribution in [0.4, 0.5) is 18.9 Å². The molecule has 0 aliphatic heterocycles. The molecule has 2 nitrogen and oxygen atoms in total. The quantitative estimate of drug-likeness (QED) is 0.911. The number of nitrogens with zero attached hydrogens (tertiary/aromatic N) is 1. The Morgan fingerprint density at radius 1 is 1.11 bits per heavy atom. The van der Waals surface area contributed by atoms with Crippen molar-refractivity contribution in [3.8, 4) is 6.07 Å². The van der Waals surface area contributed by atoms with E-state index in [1.54, 1.807) is 12.1 Å². The van der Waals surface area contributed by atoms with Crippen molar-refractivity contribution in [2.24, 2.45) is 5.92 Å². The summed E-state index contributed by atoms with van der Waals surface area (Å²) in [7, 11) is 0. The van der Waals surface area contributed by atoms with E-state index in [9.17, 15) is 13.2 Å². The van der Waals surface area contributed by atoms with Gasteiger partial charge >= 0.3 is 6.18 Å². The van der Waals surface area contributed by atoms with Gasteiger partial charge in [0.2, 0.25) is 0 Å². The van der Waals surface area contributed by atoms with Gasteiger partial charge in [-0.25, -0.2) is 0 Å². The number of nitrogens with one attached hydrogen (secondary N) is 1. The van der Waals surface area contributed by atoms with Gasteiger partial charge in [0.25, 0.3) is 0 Å². The molecule has 0 aromatic heterocycles. The van der Waals surface area contributed by atoms with Crippen molar-refractivity contribution in [3.63, 3.8) is 0 Å². The molecule has 0 saturated heterocycles. The zero-order valence-electron chi connectivity index (χ0n) is 9.91. The summed E-state index contributed by atoms with van der Waals surface area (Å²) in [5.74, 6) is -2.01. The molecule has 0 heterocycles. The molecule has 2 rings (SSSR count). The van der Waals surface area contributed by atoms with E-state index in [-0.39, 0.29) is 0 Å². The molecular weight excluding hydrogens is 253 g/mol. The lowest BCUT2D eigenvalue weighted by atomic mass is 10.1. The summed E-state index contributed by atoms with van der Waals surface area (Å²) in [4.78, 5) is 0. The number of nitriles is 1. The zero-order valence-corrected chi connectivity index (χ0v) is 9.91. The fourth-order valence-corrected chi connectivity index (χ4v) is 1.83. The van der Waals surface area contributed by atoms with Crippen LogP contribution in [0.5, 0.6) is 0 Å². The lowest BCUT2D eigenvalue weighted by Crippen LogP contribution is -2.28. The van der Waals surface area contributed by atoms with Crippen molar-refractivity contribution in [1.29, 1.82) is 5.26 Å². The van der Waals surface area contributed by atoms with Gasteiger partial charge < -0.3 is 5.32 Å². The summed E-state index contributed by atoms with van der Waals surface area (Å²) in [6.45, 7) is -0.450. The summed E-state index contributed by atoms with van der Waals surface area (Å²) in [5.41, 5.74) is 0.600. The van der Waals surface area contributed by atoms with E-state index in [1.165, 1.54) is 6.07 Å². The first-order chi connectivity index (χ1) is 9.02. The Morgan fingerprint density at radius 3 is 2.47 bits per heavy atom. The van der Waals surface area contributed by atoms with Gasteiger partial charge in [-0.05, 0) is 11.5 Å². The molecule has 1 unspecified atom stereocenters. The highest BCUT2D eigenvalue weighted by Crippen LogP contribution is 2.28. The van der Waals surface area contributed by atoms with Gasteiger partial charge in [0.1, 0.15) is 0 Å². The summed E-state index contributed by atoms with van der Waals surface area (Å²) in [5, 5.41) is 13.0. The monoisotopic (exact) mass is 264 g/mol. The summed E-state index contributed by atoms with van der Waals surface area (Å²) < 4.78 is 37.4. The van der Waals surface area contributed by atoms with Crippen LogP contribution in [0.15, 0.2) is 42.5 Å². The van der Waals surface area contributed by atoms with Gasteiger partial charge in [0.15, 0.2) is 5.92 Å². The SMILES string of the molecule is N#CC(CNc1cccc2ccccc12)C(F)(F)F. The third kappa shape index (κ3) is 2.97. The first-order valence-corrected chi connectivity index (χ1v) is 5.70. The zero-order chi connectivity index (χ0) is 13.9. The number of alkyl halides is 3. The number of hydrogen-bond acceptors (Lipinski definition) is 2. The average molecular weight is 264 g/mol. The van der Waals surface area contributed by atoms with Gasteiger partial charge in [-0.3, -0.25) is 0 Å². The van der Waals surface area contributed by atoms with E-state index in [1.807, 2.05) is 30.3 Å². The first kappa shape index (κ1) is 13.2. The third-order valence-corrected chi connectivity index (χ3v) is 2.84. The van der Waals surface area contributed by atoms with Gasteiger partial charge in [-0.1, -0.05) is 36.4 Å². The first-order valence-electron chi connectivity index (χ1n) is 5.70. The van der Waals surface area contributed by atoms with Crippen molar-refractivity contribution in [1.82, 2.24) is 0 Å². The fraction of sp³-hybridized carbons (Fsp3) is 0.214. The molecular formula is C14H11F3N2. The number of rotatable bonds is 3. The second-order valence-electron chi connectivity index (χ2n) is 4.13. The molecule has 0 amide bonds. The summed E-state index contributed by atoms with van der Waals surface area (Å²) in [6, 6.07) is 14.0. The predicted molar refractivity (Wildman–Crippen MR) is 67.6 cm³/mol. The molecule has 2 aromatic carbocycles. The Hall–Kier alpha value is -2.22. The molecule has 0 saturated carbocycles. The molecule has 0 bridgehead atoms. The molecule has 98 valence electrons. The Bertz CT molecular complexity index is 609. The van der Waals surface area contributed by atoms with Gasteiger partial charge in [0, 0.05) is 17.6 Å². The minimum absolute atomic E-state index is 0.450. The van der Waals surface area contributed by atoms with Crippen LogP contribution >= 0.6 is 0 Å². The number of benzene rings is 2. The van der Waals surface area contributed by atoms with E-state index in [0.717, 1.165) is 10.8 Å².